The van der Waals surface area contributed by atoms with E-state index in [1.807, 2.05) is 0 Å². The third kappa shape index (κ3) is 2.65. The van der Waals surface area contributed by atoms with Gasteiger partial charge in [-0.1, -0.05) is 5.16 Å². The van der Waals surface area contributed by atoms with Crippen LogP contribution in [0.2, 0.25) is 0 Å². The average Bonchev–Trinajstić information content (AvgIpc) is 3.15. The Kier molecular flexibility index (Phi) is 3.21. The fraction of sp³-hybridized carbons (Fsp3) is 0.267. The van der Waals surface area contributed by atoms with Crippen LogP contribution < -0.4 is 5.32 Å². The van der Waals surface area contributed by atoms with Gasteiger partial charge < -0.3 is 14.9 Å². The molecular formula is C15H14N2O4. The topological polar surface area (TPSA) is 92.4 Å². The van der Waals surface area contributed by atoms with Crippen molar-refractivity contribution in [2.45, 2.75) is 25.7 Å². The highest BCUT2D eigenvalue weighted by Gasteiger charge is 2.31. The van der Waals surface area contributed by atoms with Crippen LogP contribution in [0.5, 0.6) is 0 Å². The van der Waals surface area contributed by atoms with Crippen molar-refractivity contribution in [1.29, 1.82) is 0 Å². The van der Waals surface area contributed by atoms with Crippen LogP contribution in [0.25, 0.3) is 0 Å². The highest BCUT2D eigenvalue weighted by Crippen LogP contribution is 2.40. The highest BCUT2D eigenvalue weighted by molar-refractivity contribution is 6.05. The van der Waals surface area contributed by atoms with Gasteiger partial charge in [-0.25, -0.2) is 4.79 Å². The number of carbonyl (C=O) groups excluding carboxylic acids is 1. The van der Waals surface area contributed by atoms with E-state index in [1.54, 1.807) is 19.1 Å². The first-order valence-electron chi connectivity index (χ1n) is 6.66. The fourth-order valence-electron chi connectivity index (χ4n) is 2.25. The number of carboxylic acid groups (broad SMARTS) is 1. The Labute approximate surface area is 120 Å². The van der Waals surface area contributed by atoms with Crippen molar-refractivity contribution < 1.29 is 19.2 Å². The fourth-order valence-corrected chi connectivity index (χ4v) is 2.25. The molecule has 3 rings (SSSR count). The van der Waals surface area contributed by atoms with Gasteiger partial charge in [0.25, 0.3) is 5.91 Å². The van der Waals surface area contributed by atoms with Crippen molar-refractivity contribution >= 4 is 17.6 Å². The molecule has 1 aromatic heterocycles. The zero-order chi connectivity index (χ0) is 15.0. The number of carbonyl (C=O) groups is 2. The van der Waals surface area contributed by atoms with Crippen molar-refractivity contribution in [3.05, 3.63) is 46.8 Å². The summed E-state index contributed by atoms with van der Waals surface area (Å²) >= 11 is 0. The van der Waals surface area contributed by atoms with E-state index in [1.165, 1.54) is 12.3 Å². The molecule has 0 unspecified atom stereocenters. The Hall–Kier alpha value is -2.63. The van der Waals surface area contributed by atoms with E-state index in [0.717, 1.165) is 12.8 Å². The highest BCUT2D eigenvalue weighted by atomic mass is 16.5. The van der Waals surface area contributed by atoms with Gasteiger partial charge in [-0.3, -0.25) is 4.79 Å². The van der Waals surface area contributed by atoms with E-state index < -0.39 is 5.97 Å². The summed E-state index contributed by atoms with van der Waals surface area (Å²) < 4.78 is 4.89. The number of hydrogen-bond acceptors (Lipinski definition) is 4. The number of aromatic nitrogens is 1. The van der Waals surface area contributed by atoms with Gasteiger partial charge in [0.1, 0.15) is 11.8 Å². The lowest BCUT2D eigenvalue weighted by atomic mass is 10.1. The number of nitrogens with one attached hydrogen (secondary N) is 1. The molecule has 0 radical (unpaired) electrons. The number of aryl methyl sites for hydroxylation is 1. The van der Waals surface area contributed by atoms with Gasteiger partial charge in [0.15, 0.2) is 0 Å². The van der Waals surface area contributed by atoms with Crippen LogP contribution in [0, 0.1) is 6.92 Å². The lowest BCUT2D eigenvalue weighted by molar-refractivity contribution is 0.0696. The second-order valence-corrected chi connectivity index (χ2v) is 5.18. The van der Waals surface area contributed by atoms with Crippen LogP contribution in [0.3, 0.4) is 0 Å². The Balaban J connectivity index is 1.80. The largest absolute Gasteiger partial charge is 0.478 e. The van der Waals surface area contributed by atoms with Gasteiger partial charge in [-0.05, 0) is 43.5 Å². The first kappa shape index (κ1) is 13.4. The maximum Gasteiger partial charge on any atom is 0.335 e. The van der Waals surface area contributed by atoms with Crippen molar-refractivity contribution in [3.63, 3.8) is 0 Å². The first-order chi connectivity index (χ1) is 10.1. The molecule has 6 nitrogen and oxygen atoms in total. The molecule has 1 aliphatic carbocycles. The van der Waals surface area contributed by atoms with E-state index in [9.17, 15) is 9.59 Å². The number of rotatable bonds is 4. The molecule has 2 aromatic rings. The summed E-state index contributed by atoms with van der Waals surface area (Å²) in [7, 11) is 0. The Morgan fingerprint density at radius 2 is 2.10 bits per heavy atom. The minimum atomic E-state index is -0.986. The molecule has 1 amide bonds. The SMILES string of the molecule is Cc1cc(NC(=O)c2conc2C2CC2)ccc1C(=O)O. The number of aromatic carboxylic acids is 1. The molecule has 1 aliphatic rings. The zero-order valence-electron chi connectivity index (χ0n) is 11.4. The van der Waals surface area contributed by atoms with Gasteiger partial charge >= 0.3 is 5.97 Å². The predicted molar refractivity (Wildman–Crippen MR) is 74.6 cm³/mol. The van der Waals surface area contributed by atoms with E-state index in [2.05, 4.69) is 10.5 Å². The van der Waals surface area contributed by atoms with E-state index in [4.69, 9.17) is 9.63 Å². The molecule has 2 N–H and O–H groups in total. The summed E-state index contributed by atoms with van der Waals surface area (Å²) in [5.41, 5.74) is 2.50. The molecule has 1 aromatic carbocycles. The van der Waals surface area contributed by atoms with Crippen molar-refractivity contribution in [1.82, 2.24) is 5.16 Å². The van der Waals surface area contributed by atoms with E-state index in [-0.39, 0.29) is 11.5 Å². The molecule has 21 heavy (non-hydrogen) atoms. The Morgan fingerprint density at radius 3 is 2.71 bits per heavy atom. The molecule has 0 saturated heterocycles. The maximum atomic E-state index is 12.2. The molecule has 0 spiro atoms. The lowest BCUT2D eigenvalue weighted by Crippen LogP contribution is -2.13. The molecule has 0 bridgehead atoms. The number of amides is 1. The lowest BCUT2D eigenvalue weighted by Gasteiger charge is -2.07. The standard InChI is InChI=1S/C15H14N2O4/c1-8-6-10(4-5-11(8)15(19)20)16-14(18)12-7-21-17-13(12)9-2-3-9/h4-7,9H,2-3H2,1H3,(H,16,18)(H,19,20). The smallest absolute Gasteiger partial charge is 0.335 e. The summed E-state index contributed by atoms with van der Waals surface area (Å²) in [6.45, 7) is 1.69. The maximum absolute atomic E-state index is 12.2. The third-order valence-corrected chi connectivity index (χ3v) is 3.52. The van der Waals surface area contributed by atoms with Crippen molar-refractivity contribution in [2.24, 2.45) is 0 Å². The normalized spacial score (nSPS) is 14.0. The van der Waals surface area contributed by atoms with Crippen LogP contribution in [-0.4, -0.2) is 22.1 Å². The summed E-state index contributed by atoms with van der Waals surface area (Å²) in [6, 6.07) is 4.67. The number of anilines is 1. The zero-order valence-corrected chi connectivity index (χ0v) is 11.4. The molecular weight excluding hydrogens is 272 g/mol. The molecule has 108 valence electrons. The monoisotopic (exact) mass is 286 g/mol. The quantitative estimate of drug-likeness (QED) is 0.901. The number of carboxylic acids is 1. The molecule has 6 heteroatoms. The summed E-state index contributed by atoms with van der Waals surface area (Å²) in [5.74, 6) is -0.957. The van der Waals surface area contributed by atoms with Crippen molar-refractivity contribution in [2.75, 3.05) is 5.32 Å². The minimum Gasteiger partial charge on any atom is -0.478 e. The van der Waals surface area contributed by atoms with Crippen LogP contribution in [0.4, 0.5) is 5.69 Å². The van der Waals surface area contributed by atoms with Gasteiger partial charge in [0.05, 0.1) is 11.3 Å². The van der Waals surface area contributed by atoms with Gasteiger partial charge in [-0.15, -0.1) is 0 Å². The van der Waals surface area contributed by atoms with Crippen LogP contribution in [-0.2, 0) is 0 Å². The second kappa shape index (κ2) is 5.05. The summed E-state index contributed by atoms with van der Waals surface area (Å²) in [6.07, 6.45) is 3.40. The third-order valence-electron chi connectivity index (χ3n) is 3.52. The van der Waals surface area contributed by atoms with Crippen LogP contribution in [0.15, 0.2) is 29.0 Å². The first-order valence-corrected chi connectivity index (χ1v) is 6.66. The molecule has 0 aliphatic heterocycles. The minimum absolute atomic E-state index is 0.219. The van der Waals surface area contributed by atoms with Gasteiger partial charge in [-0.2, -0.15) is 0 Å². The Bertz CT molecular complexity index is 716. The van der Waals surface area contributed by atoms with Crippen LogP contribution >= 0.6 is 0 Å². The average molecular weight is 286 g/mol. The van der Waals surface area contributed by atoms with E-state index >= 15 is 0 Å². The number of nitrogens with zero attached hydrogens (tertiary/aromatic N) is 1. The molecule has 1 saturated carbocycles. The van der Waals surface area contributed by atoms with E-state index in [0.29, 0.717) is 28.4 Å². The molecule has 1 fully saturated rings. The summed E-state index contributed by atoms with van der Waals surface area (Å²) in [5, 5.41) is 15.6. The summed E-state index contributed by atoms with van der Waals surface area (Å²) in [4.78, 5) is 23.2. The Morgan fingerprint density at radius 1 is 1.33 bits per heavy atom. The molecule has 0 atom stereocenters. The second-order valence-electron chi connectivity index (χ2n) is 5.18. The molecule has 1 heterocycles. The number of benzene rings is 1. The van der Waals surface area contributed by atoms with Crippen molar-refractivity contribution in [3.8, 4) is 0 Å². The predicted octanol–water partition coefficient (Wildman–Crippen LogP) is 2.81. The number of hydrogen-bond donors (Lipinski definition) is 2. The van der Waals surface area contributed by atoms with Gasteiger partial charge in [0.2, 0.25) is 0 Å². The van der Waals surface area contributed by atoms with Gasteiger partial charge in [0, 0.05) is 11.6 Å². The van der Waals surface area contributed by atoms with Crippen LogP contribution in [0.1, 0.15) is 50.7 Å².